The van der Waals surface area contributed by atoms with Gasteiger partial charge in [-0.1, -0.05) is 49.7 Å². The maximum absolute atomic E-state index is 12.9. The fraction of sp³-hybridized carbons (Fsp3) is 0.400. The minimum atomic E-state index is -0.622. The second-order valence-electron chi connectivity index (χ2n) is 8.63. The summed E-state index contributed by atoms with van der Waals surface area (Å²) in [6, 6.07) is 15.8. The molecule has 32 heavy (non-hydrogen) atoms. The number of benzene rings is 2. The highest BCUT2D eigenvalue weighted by Gasteiger charge is 2.29. The van der Waals surface area contributed by atoms with Gasteiger partial charge in [-0.05, 0) is 49.9 Å². The third-order valence-corrected chi connectivity index (χ3v) is 5.70. The van der Waals surface area contributed by atoms with Crippen LogP contribution >= 0.6 is 0 Å². The number of urea groups is 1. The van der Waals surface area contributed by atoms with Crippen molar-refractivity contribution in [2.24, 2.45) is 5.92 Å². The highest BCUT2D eigenvalue weighted by molar-refractivity contribution is 5.97. The van der Waals surface area contributed by atoms with Gasteiger partial charge in [0.25, 0.3) is 5.91 Å². The van der Waals surface area contributed by atoms with Crippen molar-refractivity contribution in [1.82, 2.24) is 15.5 Å². The van der Waals surface area contributed by atoms with Crippen molar-refractivity contribution in [1.29, 1.82) is 0 Å². The maximum Gasteiger partial charge on any atom is 0.321 e. The molecule has 0 saturated carbocycles. The van der Waals surface area contributed by atoms with Crippen molar-refractivity contribution >= 4 is 23.5 Å². The molecule has 1 fully saturated rings. The van der Waals surface area contributed by atoms with Crippen LogP contribution in [-0.2, 0) is 4.79 Å². The Hall–Kier alpha value is -3.35. The molecular weight excluding hydrogens is 404 g/mol. The molecule has 1 heterocycles. The Morgan fingerprint density at radius 1 is 0.938 bits per heavy atom. The summed E-state index contributed by atoms with van der Waals surface area (Å²) < 4.78 is 0. The first-order valence-corrected chi connectivity index (χ1v) is 11.1. The van der Waals surface area contributed by atoms with Crippen LogP contribution in [0.2, 0.25) is 0 Å². The largest absolute Gasteiger partial charge is 0.351 e. The van der Waals surface area contributed by atoms with Crippen LogP contribution in [0.4, 0.5) is 10.5 Å². The molecule has 0 aromatic heterocycles. The SMILES string of the molecule is Cc1ccc(C(=O)N[C@@H](C(=O)NC2CCN(C(=O)Nc3ccccc3)CC2)C(C)C)cc1. The molecule has 2 aromatic rings. The number of anilines is 1. The lowest BCUT2D eigenvalue weighted by Gasteiger charge is -2.33. The minimum absolute atomic E-state index is 0.0270. The van der Waals surface area contributed by atoms with Crippen LogP contribution in [0.5, 0.6) is 0 Å². The standard InChI is InChI=1S/C25H32N4O3/c1-17(2)22(28-23(30)19-11-9-18(3)10-12-19)24(31)26-21-13-15-29(16-14-21)25(32)27-20-7-5-4-6-8-20/h4-12,17,21-22H,13-16H2,1-3H3,(H,26,31)(H,27,32)(H,28,30)/t22-/m1/s1. The van der Waals surface area contributed by atoms with Gasteiger partial charge in [-0.3, -0.25) is 9.59 Å². The summed E-state index contributed by atoms with van der Waals surface area (Å²) in [5, 5.41) is 8.83. The summed E-state index contributed by atoms with van der Waals surface area (Å²) in [4.78, 5) is 39.7. The van der Waals surface area contributed by atoms with Gasteiger partial charge >= 0.3 is 6.03 Å². The molecule has 1 atom stereocenters. The average molecular weight is 437 g/mol. The van der Waals surface area contributed by atoms with Crippen LogP contribution < -0.4 is 16.0 Å². The van der Waals surface area contributed by atoms with E-state index in [2.05, 4.69) is 16.0 Å². The van der Waals surface area contributed by atoms with Gasteiger partial charge in [-0.25, -0.2) is 4.79 Å². The number of rotatable bonds is 6. The maximum atomic E-state index is 12.9. The van der Waals surface area contributed by atoms with Crippen LogP contribution in [0.3, 0.4) is 0 Å². The van der Waals surface area contributed by atoms with E-state index in [0.717, 1.165) is 11.3 Å². The van der Waals surface area contributed by atoms with Crippen LogP contribution in [0.15, 0.2) is 54.6 Å². The van der Waals surface area contributed by atoms with E-state index in [1.54, 1.807) is 17.0 Å². The van der Waals surface area contributed by atoms with E-state index in [4.69, 9.17) is 0 Å². The van der Waals surface area contributed by atoms with E-state index in [0.29, 0.717) is 31.5 Å². The normalized spacial score (nSPS) is 15.2. The number of para-hydroxylation sites is 1. The first-order valence-electron chi connectivity index (χ1n) is 11.1. The lowest BCUT2D eigenvalue weighted by atomic mass is 10.00. The zero-order valence-electron chi connectivity index (χ0n) is 18.9. The second-order valence-corrected chi connectivity index (χ2v) is 8.63. The summed E-state index contributed by atoms with van der Waals surface area (Å²) in [6.07, 6.45) is 1.34. The average Bonchev–Trinajstić information content (AvgIpc) is 2.78. The molecule has 0 unspecified atom stereocenters. The van der Waals surface area contributed by atoms with E-state index in [-0.39, 0.29) is 29.8 Å². The first-order chi connectivity index (χ1) is 15.3. The Balaban J connectivity index is 1.50. The number of nitrogens with zero attached hydrogens (tertiary/aromatic N) is 1. The highest BCUT2D eigenvalue weighted by atomic mass is 16.2. The fourth-order valence-electron chi connectivity index (χ4n) is 3.71. The second kappa shape index (κ2) is 10.8. The van der Waals surface area contributed by atoms with Crippen molar-refractivity contribution in [3.8, 4) is 0 Å². The van der Waals surface area contributed by atoms with Gasteiger partial charge in [-0.15, -0.1) is 0 Å². The zero-order valence-corrected chi connectivity index (χ0v) is 18.9. The monoisotopic (exact) mass is 436 g/mol. The number of aryl methyl sites for hydroxylation is 1. The Morgan fingerprint density at radius 2 is 1.56 bits per heavy atom. The summed E-state index contributed by atoms with van der Waals surface area (Å²) in [5.74, 6) is -0.500. The lowest BCUT2D eigenvalue weighted by molar-refractivity contribution is -0.124. The number of nitrogens with one attached hydrogen (secondary N) is 3. The topological polar surface area (TPSA) is 90.5 Å². The predicted molar refractivity (Wildman–Crippen MR) is 125 cm³/mol. The molecule has 1 saturated heterocycles. The molecule has 2 aromatic carbocycles. The number of likely N-dealkylation sites (tertiary alicyclic amines) is 1. The molecule has 4 amide bonds. The Kier molecular flexibility index (Phi) is 7.87. The molecule has 170 valence electrons. The van der Waals surface area contributed by atoms with E-state index in [1.807, 2.05) is 63.2 Å². The molecule has 3 rings (SSSR count). The molecular formula is C25H32N4O3. The number of carbonyl (C=O) groups excluding carboxylic acids is 3. The van der Waals surface area contributed by atoms with Gasteiger partial charge in [0.15, 0.2) is 0 Å². The molecule has 7 nitrogen and oxygen atoms in total. The van der Waals surface area contributed by atoms with Crippen molar-refractivity contribution in [3.05, 3.63) is 65.7 Å². The van der Waals surface area contributed by atoms with Crippen molar-refractivity contribution < 1.29 is 14.4 Å². The number of piperidine rings is 1. The molecule has 0 aliphatic carbocycles. The van der Waals surface area contributed by atoms with Crippen LogP contribution in [0.25, 0.3) is 0 Å². The number of amides is 4. The van der Waals surface area contributed by atoms with Gasteiger partial charge in [-0.2, -0.15) is 0 Å². The van der Waals surface area contributed by atoms with Gasteiger partial charge in [0.2, 0.25) is 5.91 Å². The molecule has 0 bridgehead atoms. The van der Waals surface area contributed by atoms with Crippen molar-refractivity contribution in [2.75, 3.05) is 18.4 Å². The smallest absolute Gasteiger partial charge is 0.321 e. The van der Waals surface area contributed by atoms with E-state index in [1.165, 1.54) is 0 Å². The zero-order chi connectivity index (χ0) is 23.1. The van der Waals surface area contributed by atoms with Crippen molar-refractivity contribution in [3.63, 3.8) is 0 Å². The van der Waals surface area contributed by atoms with Gasteiger partial charge in [0, 0.05) is 30.4 Å². The van der Waals surface area contributed by atoms with Crippen molar-refractivity contribution in [2.45, 2.75) is 45.7 Å². The van der Waals surface area contributed by atoms with E-state index in [9.17, 15) is 14.4 Å². The summed E-state index contributed by atoms with van der Waals surface area (Å²) >= 11 is 0. The van der Waals surface area contributed by atoms with Crippen LogP contribution in [-0.4, -0.2) is 47.9 Å². The number of hydrogen-bond acceptors (Lipinski definition) is 3. The first kappa shape index (κ1) is 23.3. The Bertz CT molecular complexity index is 920. The summed E-state index contributed by atoms with van der Waals surface area (Å²) in [6.45, 7) is 6.91. The summed E-state index contributed by atoms with van der Waals surface area (Å²) in [7, 11) is 0. The molecule has 1 aliphatic rings. The summed E-state index contributed by atoms with van der Waals surface area (Å²) in [5.41, 5.74) is 2.37. The number of carbonyl (C=O) groups is 3. The Labute approximate surface area is 189 Å². The predicted octanol–water partition coefficient (Wildman–Crippen LogP) is 3.56. The van der Waals surface area contributed by atoms with Gasteiger partial charge in [0.05, 0.1) is 0 Å². The molecule has 0 radical (unpaired) electrons. The Morgan fingerprint density at radius 3 is 2.16 bits per heavy atom. The quantitative estimate of drug-likeness (QED) is 0.647. The van der Waals surface area contributed by atoms with Crippen LogP contribution in [0, 0.1) is 12.8 Å². The molecule has 0 spiro atoms. The molecule has 7 heteroatoms. The fourth-order valence-corrected chi connectivity index (χ4v) is 3.71. The van der Waals surface area contributed by atoms with E-state index < -0.39 is 6.04 Å². The third-order valence-electron chi connectivity index (χ3n) is 5.70. The number of hydrogen-bond donors (Lipinski definition) is 3. The van der Waals surface area contributed by atoms with Crippen LogP contribution in [0.1, 0.15) is 42.6 Å². The van der Waals surface area contributed by atoms with E-state index >= 15 is 0 Å². The lowest BCUT2D eigenvalue weighted by Crippen LogP contribution is -2.54. The van der Waals surface area contributed by atoms with Gasteiger partial charge < -0.3 is 20.9 Å². The molecule has 1 aliphatic heterocycles. The van der Waals surface area contributed by atoms with Gasteiger partial charge in [0.1, 0.15) is 6.04 Å². The minimum Gasteiger partial charge on any atom is -0.351 e. The third kappa shape index (κ3) is 6.33. The highest BCUT2D eigenvalue weighted by Crippen LogP contribution is 2.14. The molecule has 3 N–H and O–H groups in total.